The average molecular weight is 260 g/mol. The Morgan fingerprint density at radius 3 is 2.83 bits per heavy atom. The Hall–Kier alpha value is -1.87. The van der Waals surface area contributed by atoms with Crippen LogP contribution in [-0.4, -0.2) is 10.8 Å². The second kappa shape index (κ2) is 3.82. The van der Waals surface area contributed by atoms with Crippen LogP contribution < -0.4 is 0 Å². The van der Waals surface area contributed by atoms with E-state index in [-0.39, 0.29) is 5.78 Å². The molecule has 0 atom stereocenters. The largest absolute Gasteiger partial charge is 0.452 e. The Balaban J connectivity index is 2.57. The SMILES string of the molecule is CC(=O)c1cc(C)cc2c1oc1c(Cl)ccnc12. The maximum atomic E-state index is 11.7. The Kier molecular flexibility index (Phi) is 2.38. The van der Waals surface area contributed by atoms with Gasteiger partial charge in [0.05, 0.1) is 10.6 Å². The van der Waals surface area contributed by atoms with Crippen LogP contribution in [0, 0.1) is 6.92 Å². The zero-order valence-electron chi connectivity index (χ0n) is 9.95. The van der Waals surface area contributed by atoms with Gasteiger partial charge in [-0.2, -0.15) is 0 Å². The summed E-state index contributed by atoms with van der Waals surface area (Å²) in [6.07, 6.45) is 1.63. The molecule has 0 unspecified atom stereocenters. The molecular weight excluding hydrogens is 250 g/mol. The van der Waals surface area contributed by atoms with E-state index in [1.807, 2.05) is 19.1 Å². The van der Waals surface area contributed by atoms with Gasteiger partial charge >= 0.3 is 0 Å². The summed E-state index contributed by atoms with van der Waals surface area (Å²) >= 11 is 6.08. The van der Waals surface area contributed by atoms with Gasteiger partial charge in [0.1, 0.15) is 11.1 Å². The van der Waals surface area contributed by atoms with E-state index in [0.717, 1.165) is 10.9 Å². The molecule has 0 aliphatic rings. The monoisotopic (exact) mass is 259 g/mol. The molecule has 0 saturated carbocycles. The van der Waals surface area contributed by atoms with Gasteiger partial charge in [-0.15, -0.1) is 0 Å². The molecule has 0 aliphatic carbocycles. The molecule has 3 nitrogen and oxygen atoms in total. The van der Waals surface area contributed by atoms with Crippen LogP contribution >= 0.6 is 11.6 Å². The molecule has 2 heterocycles. The van der Waals surface area contributed by atoms with Crippen LogP contribution in [0.1, 0.15) is 22.8 Å². The third-order valence-corrected chi connectivity index (χ3v) is 3.23. The van der Waals surface area contributed by atoms with E-state index in [4.69, 9.17) is 16.0 Å². The smallest absolute Gasteiger partial charge is 0.172 e. The first-order valence-electron chi connectivity index (χ1n) is 5.56. The van der Waals surface area contributed by atoms with Gasteiger partial charge in [0.2, 0.25) is 0 Å². The van der Waals surface area contributed by atoms with Gasteiger partial charge in [-0.25, -0.2) is 0 Å². The average Bonchev–Trinajstić information content (AvgIpc) is 2.68. The molecule has 90 valence electrons. The first-order valence-corrected chi connectivity index (χ1v) is 5.94. The van der Waals surface area contributed by atoms with Crippen LogP contribution in [0.3, 0.4) is 0 Å². The summed E-state index contributed by atoms with van der Waals surface area (Å²) in [6.45, 7) is 3.46. The number of halogens is 1. The lowest BCUT2D eigenvalue weighted by atomic mass is 10.0. The van der Waals surface area contributed by atoms with E-state index in [1.54, 1.807) is 12.3 Å². The minimum absolute atomic E-state index is 0.0288. The van der Waals surface area contributed by atoms with Crippen molar-refractivity contribution in [2.45, 2.75) is 13.8 Å². The number of hydrogen-bond donors (Lipinski definition) is 0. The van der Waals surface area contributed by atoms with Gasteiger partial charge in [0.25, 0.3) is 0 Å². The lowest BCUT2D eigenvalue weighted by Crippen LogP contribution is -1.93. The number of Topliss-reactive ketones (excluding diaryl/α,β-unsaturated/α-hetero) is 1. The molecule has 0 fully saturated rings. The molecule has 0 bridgehead atoms. The van der Waals surface area contributed by atoms with Crippen LogP contribution in [0.2, 0.25) is 5.02 Å². The topological polar surface area (TPSA) is 43.1 Å². The van der Waals surface area contributed by atoms with Crippen molar-refractivity contribution in [1.29, 1.82) is 0 Å². The predicted octanol–water partition coefficient (Wildman–Crippen LogP) is 4.15. The Morgan fingerprint density at radius 2 is 2.11 bits per heavy atom. The van der Waals surface area contributed by atoms with Crippen molar-refractivity contribution in [3.8, 4) is 0 Å². The highest BCUT2D eigenvalue weighted by molar-refractivity contribution is 6.35. The van der Waals surface area contributed by atoms with Crippen LogP contribution in [0.25, 0.3) is 22.1 Å². The molecule has 4 heteroatoms. The molecule has 18 heavy (non-hydrogen) atoms. The van der Waals surface area contributed by atoms with Gasteiger partial charge in [-0.05, 0) is 37.6 Å². The molecule has 0 aliphatic heterocycles. The number of ketones is 1. The molecule has 0 radical (unpaired) electrons. The number of fused-ring (bicyclic) bond motifs is 3. The number of carbonyl (C=O) groups excluding carboxylic acids is 1. The van der Waals surface area contributed by atoms with Gasteiger partial charge in [-0.3, -0.25) is 9.78 Å². The second-order valence-electron chi connectivity index (χ2n) is 4.32. The summed E-state index contributed by atoms with van der Waals surface area (Å²) < 4.78 is 5.72. The number of rotatable bonds is 1. The van der Waals surface area contributed by atoms with Gasteiger partial charge in [-0.1, -0.05) is 11.6 Å². The maximum absolute atomic E-state index is 11.7. The summed E-state index contributed by atoms with van der Waals surface area (Å²) in [4.78, 5) is 15.9. The standard InChI is InChI=1S/C14H10ClNO2/c1-7-5-9(8(2)17)13-10(6-7)12-14(18-13)11(15)3-4-16-12/h3-6H,1-2H3. The molecule has 3 aromatic rings. The summed E-state index contributed by atoms with van der Waals surface area (Å²) in [5, 5.41) is 1.33. The first-order chi connectivity index (χ1) is 8.58. The van der Waals surface area contributed by atoms with E-state index < -0.39 is 0 Å². The Bertz CT molecular complexity index is 789. The summed E-state index contributed by atoms with van der Waals surface area (Å²) in [6, 6.07) is 5.45. The molecule has 0 N–H and O–H groups in total. The van der Waals surface area contributed by atoms with E-state index >= 15 is 0 Å². The fraction of sp³-hybridized carbons (Fsp3) is 0.143. The van der Waals surface area contributed by atoms with Crippen molar-refractivity contribution in [3.05, 3.63) is 40.5 Å². The normalized spacial score (nSPS) is 11.3. The summed E-state index contributed by atoms with van der Waals surface area (Å²) in [7, 11) is 0. The minimum atomic E-state index is -0.0288. The number of furan rings is 1. The highest BCUT2D eigenvalue weighted by Gasteiger charge is 2.16. The zero-order valence-corrected chi connectivity index (χ0v) is 10.7. The number of benzene rings is 1. The number of carbonyl (C=O) groups is 1. The number of aryl methyl sites for hydroxylation is 1. The minimum Gasteiger partial charge on any atom is -0.452 e. The van der Waals surface area contributed by atoms with Crippen LogP contribution in [0.15, 0.2) is 28.8 Å². The number of pyridine rings is 1. The number of hydrogen-bond acceptors (Lipinski definition) is 3. The summed E-state index contributed by atoms with van der Waals surface area (Å²) in [5.74, 6) is -0.0288. The number of aromatic nitrogens is 1. The zero-order chi connectivity index (χ0) is 12.9. The fourth-order valence-electron chi connectivity index (χ4n) is 2.14. The third kappa shape index (κ3) is 1.51. The Labute approximate surface area is 108 Å². The van der Waals surface area contributed by atoms with Crippen LogP contribution in [0.4, 0.5) is 0 Å². The third-order valence-electron chi connectivity index (χ3n) is 2.93. The van der Waals surface area contributed by atoms with Gasteiger partial charge < -0.3 is 4.42 Å². The molecule has 3 rings (SSSR count). The van der Waals surface area contributed by atoms with Crippen molar-refractivity contribution in [2.24, 2.45) is 0 Å². The molecular formula is C14H10ClNO2. The van der Waals surface area contributed by atoms with Crippen molar-refractivity contribution in [1.82, 2.24) is 4.98 Å². The van der Waals surface area contributed by atoms with E-state index in [2.05, 4.69) is 4.98 Å². The van der Waals surface area contributed by atoms with E-state index in [1.165, 1.54) is 6.92 Å². The van der Waals surface area contributed by atoms with Gasteiger partial charge in [0.15, 0.2) is 11.4 Å². The molecule has 1 aromatic carbocycles. The Morgan fingerprint density at radius 1 is 1.33 bits per heavy atom. The molecule has 0 spiro atoms. The van der Waals surface area contributed by atoms with E-state index in [0.29, 0.717) is 27.3 Å². The molecule has 0 amide bonds. The quantitative estimate of drug-likeness (QED) is 0.617. The second-order valence-corrected chi connectivity index (χ2v) is 4.73. The van der Waals surface area contributed by atoms with Crippen LogP contribution in [0.5, 0.6) is 0 Å². The highest BCUT2D eigenvalue weighted by atomic mass is 35.5. The molecule has 0 saturated heterocycles. The van der Waals surface area contributed by atoms with E-state index in [9.17, 15) is 4.79 Å². The van der Waals surface area contributed by atoms with Crippen molar-refractivity contribution in [2.75, 3.05) is 0 Å². The lowest BCUT2D eigenvalue weighted by Gasteiger charge is -1.99. The highest BCUT2D eigenvalue weighted by Crippen LogP contribution is 2.34. The fourth-order valence-corrected chi connectivity index (χ4v) is 2.32. The van der Waals surface area contributed by atoms with Gasteiger partial charge in [0, 0.05) is 11.6 Å². The van der Waals surface area contributed by atoms with Crippen molar-refractivity contribution < 1.29 is 9.21 Å². The lowest BCUT2D eigenvalue weighted by molar-refractivity contribution is 0.101. The number of nitrogens with zero attached hydrogens (tertiary/aromatic N) is 1. The van der Waals surface area contributed by atoms with Crippen molar-refractivity contribution >= 4 is 39.5 Å². The summed E-state index contributed by atoms with van der Waals surface area (Å²) in [5.41, 5.74) is 3.35. The van der Waals surface area contributed by atoms with Crippen molar-refractivity contribution in [3.63, 3.8) is 0 Å². The molecule has 2 aromatic heterocycles. The first kappa shape index (κ1) is 11.2. The maximum Gasteiger partial charge on any atom is 0.172 e. The van der Waals surface area contributed by atoms with Crippen LogP contribution in [-0.2, 0) is 0 Å². The predicted molar refractivity (Wildman–Crippen MR) is 71.3 cm³/mol.